The highest BCUT2D eigenvalue weighted by Crippen LogP contribution is 2.43. The molecule has 0 unspecified atom stereocenters. The molecule has 2 heterocycles. The predicted molar refractivity (Wildman–Crippen MR) is 206 cm³/mol. The maximum absolute atomic E-state index is 14.8. The summed E-state index contributed by atoms with van der Waals surface area (Å²) in [6, 6.07) is 64.1. The molecule has 0 atom stereocenters. The summed E-state index contributed by atoms with van der Waals surface area (Å²) in [7, 11) is -3.03. The molecule has 0 aliphatic carbocycles. The molecule has 9 aromatic rings. The van der Waals surface area contributed by atoms with E-state index < -0.39 is 7.14 Å². The minimum absolute atomic E-state index is 0.822. The van der Waals surface area contributed by atoms with E-state index in [2.05, 4.69) is 120 Å². The molecular formula is C45H31N2OP. The molecule has 0 amide bonds. The molecule has 0 aliphatic heterocycles. The van der Waals surface area contributed by atoms with Gasteiger partial charge in [0, 0.05) is 43.3 Å². The highest BCUT2D eigenvalue weighted by Gasteiger charge is 2.29. The zero-order chi connectivity index (χ0) is 32.8. The van der Waals surface area contributed by atoms with Gasteiger partial charge >= 0.3 is 0 Å². The Kier molecular flexibility index (Phi) is 7.08. The Morgan fingerprint density at radius 1 is 0.429 bits per heavy atom. The first-order valence-corrected chi connectivity index (χ1v) is 18.2. The van der Waals surface area contributed by atoms with E-state index in [0.717, 1.165) is 71.3 Å². The van der Waals surface area contributed by atoms with E-state index in [1.165, 1.54) is 5.39 Å². The molecule has 232 valence electrons. The Bertz CT molecular complexity index is 2600. The van der Waals surface area contributed by atoms with E-state index in [1.807, 2.05) is 72.8 Å². The average molecular weight is 647 g/mol. The number of fused-ring (bicyclic) bond motifs is 5. The van der Waals surface area contributed by atoms with Crippen LogP contribution in [0.4, 0.5) is 0 Å². The fourth-order valence-electron chi connectivity index (χ4n) is 7.14. The van der Waals surface area contributed by atoms with E-state index in [4.69, 9.17) is 4.98 Å². The average Bonchev–Trinajstić information content (AvgIpc) is 3.54. The van der Waals surface area contributed by atoms with Crippen molar-refractivity contribution in [1.29, 1.82) is 0 Å². The van der Waals surface area contributed by atoms with Crippen molar-refractivity contribution in [1.82, 2.24) is 9.55 Å². The third-order valence-corrected chi connectivity index (χ3v) is 12.6. The topological polar surface area (TPSA) is 34.9 Å². The van der Waals surface area contributed by atoms with Gasteiger partial charge in [0.1, 0.15) is 0 Å². The maximum atomic E-state index is 14.8. The molecule has 0 saturated carbocycles. The van der Waals surface area contributed by atoms with Crippen molar-refractivity contribution in [3.63, 3.8) is 0 Å². The quantitative estimate of drug-likeness (QED) is 0.169. The third-order valence-electron chi connectivity index (χ3n) is 9.48. The van der Waals surface area contributed by atoms with Gasteiger partial charge in [0.25, 0.3) is 0 Å². The van der Waals surface area contributed by atoms with E-state index in [1.54, 1.807) is 0 Å². The van der Waals surface area contributed by atoms with Crippen molar-refractivity contribution >= 4 is 55.8 Å². The summed E-state index contributed by atoms with van der Waals surface area (Å²) in [5.41, 5.74) is 8.59. The second-order valence-corrected chi connectivity index (χ2v) is 15.1. The number of aromatic nitrogens is 2. The van der Waals surface area contributed by atoms with Gasteiger partial charge in [-0.2, -0.15) is 0 Å². The highest BCUT2D eigenvalue weighted by atomic mass is 31.2. The Balaban J connectivity index is 1.16. The molecule has 0 saturated heterocycles. The molecular weight excluding hydrogens is 615 g/mol. The van der Waals surface area contributed by atoms with Crippen molar-refractivity contribution in [2.45, 2.75) is 0 Å². The van der Waals surface area contributed by atoms with Crippen LogP contribution >= 0.6 is 7.14 Å². The van der Waals surface area contributed by atoms with Gasteiger partial charge in [-0.3, -0.25) is 0 Å². The van der Waals surface area contributed by atoms with Crippen LogP contribution < -0.4 is 15.9 Å². The normalized spacial score (nSPS) is 11.8. The number of hydrogen-bond donors (Lipinski definition) is 0. The van der Waals surface area contributed by atoms with Crippen molar-refractivity contribution in [2.75, 3.05) is 0 Å². The zero-order valence-electron chi connectivity index (χ0n) is 26.6. The van der Waals surface area contributed by atoms with Crippen molar-refractivity contribution < 1.29 is 4.57 Å². The van der Waals surface area contributed by atoms with Crippen LogP contribution in [0.25, 0.3) is 60.8 Å². The second-order valence-electron chi connectivity index (χ2n) is 12.3. The van der Waals surface area contributed by atoms with Gasteiger partial charge in [0.2, 0.25) is 0 Å². The molecule has 4 heteroatoms. The first-order valence-electron chi connectivity index (χ1n) is 16.5. The van der Waals surface area contributed by atoms with Crippen LogP contribution in [0, 0.1) is 0 Å². The van der Waals surface area contributed by atoms with Crippen molar-refractivity contribution in [3.05, 3.63) is 188 Å². The lowest BCUT2D eigenvalue weighted by molar-refractivity contribution is 0.592. The molecule has 49 heavy (non-hydrogen) atoms. The molecule has 7 aromatic carbocycles. The summed E-state index contributed by atoms with van der Waals surface area (Å²) in [6.45, 7) is 0. The standard InChI is InChI=1S/C45H31N2OP/c48-49(36-16-6-2-7-17-36,37-18-8-3-9-19-37)38-30-28-33(29-31-38)32-24-26-34(27-25-32)44-43-40-21-11-13-23-42(40)47(35-14-4-1-5-15-35)45(43)39-20-10-12-22-41(39)46-44/h1-31H. The molecule has 2 aromatic heterocycles. The van der Waals surface area contributed by atoms with E-state index in [-0.39, 0.29) is 0 Å². The fourth-order valence-corrected chi connectivity index (χ4v) is 9.79. The van der Waals surface area contributed by atoms with Gasteiger partial charge in [-0.15, -0.1) is 0 Å². The number of hydrogen-bond acceptors (Lipinski definition) is 2. The molecule has 0 N–H and O–H groups in total. The first kappa shape index (κ1) is 29.1. The number of rotatable bonds is 6. The smallest absolute Gasteiger partial charge is 0.171 e. The summed E-state index contributed by atoms with van der Waals surface area (Å²) in [5.74, 6) is 0. The van der Waals surface area contributed by atoms with Crippen LogP contribution in [-0.2, 0) is 4.57 Å². The lowest BCUT2D eigenvalue weighted by Gasteiger charge is -2.20. The number of pyridine rings is 1. The van der Waals surface area contributed by atoms with Crippen molar-refractivity contribution in [3.8, 4) is 28.1 Å². The minimum Gasteiger partial charge on any atom is -0.309 e. The summed E-state index contributed by atoms with van der Waals surface area (Å²) in [5, 5.41) is 5.94. The number of para-hydroxylation sites is 3. The zero-order valence-corrected chi connectivity index (χ0v) is 27.5. The SMILES string of the molecule is O=P(c1ccccc1)(c1ccccc1)c1ccc(-c2ccc(-c3nc4ccccc4c4c3c3ccccc3n4-c3ccccc3)cc2)cc1. The van der Waals surface area contributed by atoms with Gasteiger partial charge < -0.3 is 9.13 Å². The van der Waals surface area contributed by atoms with Crippen LogP contribution in [0.5, 0.6) is 0 Å². The maximum Gasteiger partial charge on any atom is 0.171 e. The molecule has 9 rings (SSSR count). The molecule has 0 radical (unpaired) electrons. The molecule has 0 fully saturated rings. The largest absolute Gasteiger partial charge is 0.309 e. The lowest BCUT2D eigenvalue weighted by Crippen LogP contribution is -2.24. The van der Waals surface area contributed by atoms with Gasteiger partial charge in [0.15, 0.2) is 7.14 Å². The van der Waals surface area contributed by atoms with Crippen LogP contribution in [-0.4, -0.2) is 9.55 Å². The third kappa shape index (κ3) is 4.82. The van der Waals surface area contributed by atoms with Gasteiger partial charge in [-0.05, 0) is 35.4 Å². The van der Waals surface area contributed by atoms with Crippen LogP contribution in [0.3, 0.4) is 0 Å². The Hall–Kier alpha value is -6.02. The molecule has 0 spiro atoms. The number of benzene rings is 7. The predicted octanol–water partition coefficient (Wildman–Crippen LogP) is 10.3. The van der Waals surface area contributed by atoms with Gasteiger partial charge in [-0.25, -0.2) is 4.98 Å². The summed E-state index contributed by atoms with van der Waals surface area (Å²) in [6.07, 6.45) is 0. The Morgan fingerprint density at radius 3 is 1.53 bits per heavy atom. The van der Waals surface area contributed by atoms with Crippen molar-refractivity contribution in [2.24, 2.45) is 0 Å². The first-order chi connectivity index (χ1) is 24.2. The van der Waals surface area contributed by atoms with Crippen LogP contribution in [0.2, 0.25) is 0 Å². The molecule has 3 nitrogen and oxygen atoms in total. The van der Waals surface area contributed by atoms with E-state index >= 15 is 0 Å². The van der Waals surface area contributed by atoms with Crippen LogP contribution in [0.15, 0.2) is 188 Å². The second kappa shape index (κ2) is 11.9. The van der Waals surface area contributed by atoms with Gasteiger partial charge in [-0.1, -0.05) is 164 Å². The van der Waals surface area contributed by atoms with E-state index in [0.29, 0.717) is 0 Å². The van der Waals surface area contributed by atoms with Crippen LogP contribution in [0.1, 0.15) is 0 Å². The summed E-state index contributed by atoms with van der Waals surface area (Å²) >= 11 is 0. The summed E-state index contributed by atoms with van der Waals surface area (Å²) < 4.78 is 17.2. The Labute approximate surface area is 285 Å². The highest BCUT2D eigenvalue weighted by molar-refractivity contribution is 7.85. The molecule has 0 bridgehead atoms. The van der Waals surface area contributed by atoms with Gasteiger partial charge in [0.05, 0.1) is 22.2 Å². The monoisotopic (exact) mass is 646 g/mol. The summed E-state index contributed by atoms with van der Waals surface area (Å²) in [4.78, 5) is 5.28. The lowest BCUT2D eigenvalue weighted by atomic mass is 9.99. The van der Waals surface area contributed by atoms with E-state index in [9.17, 15) is 4.57 Å². The fraction of sp³-hybridized carbons (Fsp3) is 0. The minimum atomic E-state index is -3.03. The number of nitrogens with zero attached hydrogens (tertiary/aromatic N) is 2. The Morgan fingerprint density at radius 2 is 0.898 bits per heavy atom. The molecule has 0 aliphatic rings.